The fourth-order valence-corrected chi connectivity index (χ4v) is 2.33. The van der Waals surface area contributed by atoms with Crippen molar-refractivity contribution in [1.29, 1.82) is 0 Å². The molecule has 3 rings (SSSR count). The molecule has 4 nitrogen and oxygen atoms in total. The van der Waals surface area contributed by atoms with Crippen molar-refractivity contribution in [3.8, 4) is 0 Å². The first kappa shape index (κ1) is 17.0. The summed E-state index contributed by atoms with van der Waals surface area (Å²) in [6.45, 7) is 0. The van der Waals surface area contributed by atoms with Gasteiger partial charge in [0, 0.05) is 6.20 Å². The third-order valence-corrected chi connectivity index (χ3v) is 3.60. The number of para-hydroxylation sites is 2. The Balaban J connectivity index is 1.85. The predicted octanol–water partition coefficient (Wildman–Crippen LogP) is 5.64. The molecule has 1 aromatic heterocycles. The number of rotatable bonds is 4. The highest BCUT2D eigenvalue weighted by Gasteiger charge is 2.33. The summed E-state index contributed by atoms with van der Waals surface area (Å²) in [7, 11) is 0. The number of anilines is 4. The first-order valence-corrected chi connectivity index (χ1v) is 7.59. The van der Waals surface area contributed by atoms with E-state index >= 15 is 0 Å². The van der Waals surface area contributed by atoms with Gasteiger partial charge >= 0.3 is 6.18 Å². The minimum absolute atomic E-state index is 0.0359. The van der Waals surface area contributed by atoms with Crippen LogP contribution in [0.1, 0.15) is 5.56 Å². The zero-order chi connectivity index (χ0) is 17.9. The van der Waals surface area contributed by atoms with Gasteiger partial charge in [-0.05, 0) is 30.3 Å². The van der Waals surface area contributed by atoms with Crippen LogP contribution in [-0.4, -0.2) is 9.97 Å². The van der Waals surface area contributed by atoms with Crippen LogP contribution in [0.5, 0.6) is 0 Å². The van der Waals surface area contributed by atoms with E-state index in [1.54, 1.807) is 30.3 Å². The summed E-state index contributed by atoms with van der Waals surface area (Å²) in [5.74, 6) is 0.434. The molecule has 0 saturated heterocycles. The number of nitrogens with one attached hydrogen (secondary N) is 2. The van der Waals surface area contributed by atoms with E-state index < -0.39 is 11.7 Å². The van der Waals surface area contributed by atoms with Crippen molar-refractivity contribution < 1.29 is 13.2 Å². The van der Waals surface area contributed by atoms with Crippen LogP contribution in [0.25, 0.3) is 0 Å². The Morgan fingerprint density at radius 1 is 0.840 bits per heavy atom. The van der Waals surface area contributed by atoms with Crippen LogP contribution in [0, 0.1) is 0 Å². The van der Waals surface area contributed by atoms with E-state index in [4.69, 9.17) is 11.6 Å². The number of nitrogens with zero attached hydrogens (tertiary/aromatic N) is 2. The second-order valence-corrected chi connectivity index (χ2v) is 5.45. The monoisotopic (exact) mass is 364 g/mol. The third-order valence-electron chi connectivity index (χ3n) is 3.27. The van der Waals surface area contributed by atoms with Gasteiger partial charge < -0.3 is 10.6 Å². The van der Waals surface area contributed by atoms with Crippen molar-refractivity contribution in [1.82, 2.24) is 9.97 Å². The first-order valence-electron chi connectivity index (χ1n) is 7.21. The standard InChI is InChI=1S/C17H12ClF3N4/c18-12-6-2-4-8-14(12)23-15-9-10-22-16(25-15)24-13-7-3-1-5-11(13)17(19,20)21/h1-10H,(H2,22,23,24,25). The maximum atomic E-state index is 13.1. The van der Waals surface area contributed by atoms with Crippen molar-refractivity contribution >= 4 is 34.7 Å². The molecular formula is C17H12ClF3N4. The van der Waals surface area contributed by atoms with E-state index in [-0.39, 0.29) is 11.6 Å². The SMILES string of the molecule is FC(F)(F)c1ccccc1Nc1nccc(Nc2ccccc2Cl)n1. The van der Waals surface area contributed by atoms with Gasteiger partial charge in [0.15, 0.2) is 0 Å². The molecule has 8 heteroatoms. The summed E-state index contributed by atoms with van der Waals surface area (Å²) in [5.41, 5.74) is -0.280. The van der Waals surface area contributed by atoms with Crippen molar-refractivity contribution in [2.45, 2.75) is 6.18 Å². The fourth-order valence-electron chi connectivity index (χ4n) is 2.15. The van der Waals surface area contributed by atoms with E-state index in [1.807, 2.05) is 0 Å². The molecule has 0 aliphatic heterocycles. The molecule has 0 atom stereocenters. The number of alkyl halides is 3. The molecule has 0 radical (unpaired) electrons. The number of aromatic nitrogens is 2. The van der Waals surface area contributed by atoms with Gasteiger partial charge in [0.05, 0.1) is 22.0 Å². The second-order valence-electron chi connectivity index (χ2n) is 5.04. The summed E-state index contributed by atoms with van der Waals surface area (Å²) in [6, 6.07) is 13.8. The summed E-state index contributed by atoms with van der Waals surface area (Å²) in [4.78, 5) is 8.13. The number of hydrogen-bond acceptors (Lipinski definition) is 4. The summed E-state index contributed by atoms with van der Waals surface area (Å²) >= 11 is 6.07. The normalized spacial score (nSPS) is 11.2. The Kier molecular flexibility index (Phi) is 4.76. The highest BCUT2D eigenvalue weighted by Crippen LogP contribution is 2.35. The Morgan fingerprint density at radius 2 is 1.52 bits per heavy atom. The van der Waals surface area contributed by atoms with E-state index in [0.29, 0.717) is 16.5 Å². The topological polar surface area (TPSA) is 49.8 Å². The van der Waals surface area contributed by atoms with Gasteiger partial charge in [-0.3, -0.25) is 0 Å². The van der Waals surface area contributed by atoms with Gasteiger partial charge in [-0.1, -0.05) is 35.9 Å². The molecule has 0 bridgehead atoms. The number of benzene rings is 2. The molecule has 0 aliphatic rings. The van der Waals surface area contributed by atoms with Crippen LogP contribution in [0.4, 0.5) is 36.3 Å². The van der Waals surface area contributed by atoms with Crippen LogP contribution < -0.4 is 10.6 Å². The van der Waals surface area contributed by atoms with E-state index in [1.165, 1.54) is 24.4 Å². The fraction of sp³-hybridized carbons (Fsp3) is 0.0588. The Bertz CT molecular complexity index is 884. The molecule has 0 fully saturated rings. The zero-order valence-electron chi connectivity index (χ0n) is 12.7. The molecule has 0 unspecified atom stereocenters. The molecule has 1 heterocycles. The summed E-state index contributed by atoms with van der Waals surface area (Å²) in [5, 5.41) is 6.10. The highest BCUT2D eigenvalue weighted by atomic mass is 35.5. The van der Waals surface area contributed by atoms with Crippen LogP contribution in [0.15, 0.2) is 60.8 Å². The lowest BCUT2D eigenvalue weighted by Gasteiger charge is -2.14. The smallest absolute Gasteiger partial charge is 0.339 e. The largest absolute Gasteiger partial charge is 0.418 e. The highest BCUT2D eigenvalue weighted by molar-refractivity contribution is 6.33. The molecule has 3 aromatic rings. The van der Waals surface area contributed by atoms with E-state index in [2.05, 4.69) is 20.6 Å². The maximum absolute atomic E-state index is 13.1. The van der Waals surface area contributed by atoms with Crippen molar-refractivity contribution in [3.05, 3.63) is 71.4 Å². The van der Waals surface area contributed by atoms with Gasteiger partial charge in [-0.2, -0.15) is 18.2 Å². The van der Waals surface area contributed by atoms with Gasteiger partial charge in [0.1, 0.15) is 5.82 Å². The van der Waals surface area contributed by atoms with Crippen LogP contribution in [0.3, 0.4) is 0 Å². The molecule has 2 aromatic carbocycles. The molecule has 2 N–H and O–H groups in total. The van der Waals surface area contributed by atoms with Gasteiger partial charge in [-0.25, -0.2) is 4.98 Å². The summed E-state index contributed by atoms with van der Waals surface area (Å²) in [6.07, 6.45) is -3.04. The van der Waals surface area contributed by atoms with Crippen molar-refractivity contribution in [2.75, 3.05) is 10.6 Å². The Labute approximate surface area is 146 Å². The molecule has 0 spiro atoms. The van der Waals surface area contributed by atoms with Crippen molar-refractivity contribution in [2.24, 2.45) is 0 Å². The first-order chi connectivity index (χ1) is 11.9. The number of halogens is 4. The quantitative estimate of drug-likeness (QED) is 0.629. The average Bonchev–Trinajstić information content (AvgIpc) is 2.57. The molecule has 0 amide bonds. The molecule has 0 saturated carbocycles. The molecule has 0 aliphatic carbocycles. The predicted molar refractivity (Wildman–Crippen MR) is 91.5 cm³/mol. The average molecular weight is 365 g/mol. The van der Waals surface area contributed by atoms with Gasteiger partial charge in [0.25, 0.3) is 0 Å². The van der Waals surface area contributed by atoms with Crippen LogP contribution in [-0.2, 0) is 6.18 Å². The summed E-state index contributed by atoms with van der Waals surface area (Å²) < 4.78 is 39.2. The minimum atomic E-state index is -4.48. The molecule has 25 heavy (non-hydrogen) atoms. The van der Waals surface area contributed by atoms with Gasteiger partial charge in [0.2, 0.25) is 5.95 Å². The Morgan fingerprint density at radius 3 is 2.24 bits per heavy atom. The lowest BCUT2D eigenvalue weighted by molar-refractivity contribution is -0.136. The van der Waals surface area contributed by atoms with Crippen LogP contribution in [0.2, 0.25) is 5.02 Å². The van der Waals surface area contributed by atoms with E-state index in [0.717, 1.165) is 6.07 Å². The van der Waals surface area contributed by atoms with Crippen molar-refractivity contribution in [3.63, 3.8) is 0 Å². The molecular weight excluding hydrogens is 353 g/mol. The van der Waals surface area contributed by atoms with Crippen LogP contribution >= 0.6 is 11.6 Å². The third kappa shape index (κ3) is 4.19. The zero-order valence-corrected chi connectivity index (χ0v) is 13.4. The van der Waals surface area contributed by atoms with E-state index in [9.17, 15) is 13.2 Å². The second kappa shape index (κ2) is 6.98. The maximum Gasteiger partial charge on any atom is 0.418 e. The van der Waals surface area contributed by atoms with Gasteiger partial charge in [-0.15, -0.1) is 0 Å². The minimum Gasteiger partial charge on any atom is -0.339 e. The Hall–Kier alpha value is -2.80. The molecule has 128 valence electrons. The lowest BCUT2D eigenvalue weighted by atomic mass is 10.1. The number of hydrogen-bond donors (Lipinski definition) is 2. The lowest BCUT2D eigenvalue weighted by Crippen LogP contribution is -2.09.